The third kappa shape index (κ3) is 6.21. The standard InChI is InChI=1S/C8H13F2NO2/c1-2-3-4-7(13)11-5-6(12)8(9)10/h2,6,8,12H,1,3-5H2,(H,11,13). The molecule has 0 rings (SSSR count). The minimum atomic E-state index is -2.82. The number of rotatable bonds is 6. The van der Waals surface area contributed by atoms with Crippen LogP contribution >= 0.6 is 0 Å². The van der Waals surface area contributed by atoms with E-state index in [1.54, 1.807) is 6.08 Å². The molecule has 5 heteroatoms. The van der Waals surface area contributed by atoms with Crippen LogP contribution in [0, 0.1) is 0 Å². The summed E-state index contributed by atoms with van der Waals surface area (Å²) in [5.41, 5.74) is 0. The van der Waals surface area contributed by atoms with Crippen molar-refractivity contribution in [2.75, 3.05) is 6.54 Å². The fraction of sp³-hybridized carbons (Fsp3) is 0.625. The van der Waals surface area contributed by atoms with Crippen LogP contribution < -0.4 is 5.32 Å². The predicted molar refractivity (Wildman–Crippen MR) is 44.5 cm³/mol. The van der Waals surface area contributed by atoms with Crippen molar-refractivity contribution in [1.82, 2.24) is 5.32 Å². The van der Waals surface area contributed by atoms with Crippen molar-refractivity contribution in [2.45, 2.75) is 25.4 Å². The summed E-state index contributed by atoms with van der Waals surface area (Å²) in [5, 5.41) is 10.8. The number of allylic oxidation sites excluding steroid dienone is 1. The highest BCUT2D eigenvalue weighted by Gasteiger charge is 2.16. The van der Waals surface area contributed by atoms with Gasteiger partial charge in [-0.05, 0) is 6.42 Å². The van der Waals surface area contributed by atoms with E-state index in [1.165, 1.54) is 0 Å². The average molecular weight is 193 g/mol. The third-order valence-electron chi connectivity index (χ3n) is 1.37. The first-order valence-corrected chi connectivity index (χ1v) is 3.91. The molecule has 1 atom stereocenters. The maximum Gasteiger partial charge on any atom is 0.265 e. The molecule has 1 unspecified atom stereocenters. The van der Waals surface area contributed by atoms with Crippen LogP contribution in [0.25, 0.3) is 0 Å². The van der Waals surface area contributed by atoms with Gasteiger partial charge in [0.2, 0.25) is 5.91 Å². The van der Waals surface area contributed by atoms with E-state index in [0.29, 0.717) is 6.42 Å². The molecular weight excluding hydrogens is 180 g/mol. The summed E-state index contributed by atoms with van der Waals surface area (Å²) in [6.45, 7) is 3.00. The van der Waals surface area contributed by atoms with Gasteiger partial charge >= 0.3 is 0 Å². The molecule has 0 aromatic rings. The molecule has 13 heavy (non-hydrogen) atoms. The topological polar surface area (TPSA) is 49.3 Å². The summed E-state index contributed by atoms with van der Waals surface area (Å²) in [7, 11) is 0. The van der Waals surface area contributed by atoms with Crippen LogP contribution in [0.4, 0.5) is 8.78 Å². The number of carbonyl (C=O) groups is 1. The third-order valence-corrected chi connectivity index (χ3v) is 1.37. The highest BCUT2D eigenvalue weighted by molar-refractivity contribution is 5.75. The maximum absolute atomic E-state index is 11.7. The molecule has 0 aliphatic heterocycles. The van der Waals surface area contributed by atoms with Crippen molar-refractivity contribution in [1.29, 1.82) is 0 Å². The van der Waals surface area contributed by atoms with E-state index in [1.807, 2.05) is 0 Å². The first kappa shape index (κ1) is 12.0. The summed E-state index contributed by atoms with van der Waals surface area (Å²) in [4.78, 5) is 10.8. The normalized spacial score (nSPS) is 12.6. The van der Waals surface area contributed by atoms with Crippen LogP contribution in [-0.4, -0.2) is 30.1 Å². The molecule has 1 amide bonds. The largest absolute Gasteiger partial charge is 0.385 e. The highest BCUT2D eigenvalue weighted by atomic mass is 19.3. The van der Waals surface area contributed by atoms with E-state index in [2.05, 4.69) is 11.9 Å². The Hall–Kier alpha value is -0.970. The molecule has 0 aliphatic carbocycles. The molecule has 0 bridgehead atoms. The molecular formula is C8H13F2NO2. The second kappa shape index (κ2) is 6.54. The molecule has 3 nitrogen and oxygen atoms in total. The molecule has 0 aromatic heterocycles. The van der Waals surface area contributed by atoms with Crippen molar-refractivity contribution in [3.05, 3.63) is 12.7 Å². The zero-order valence-electron chi connectivity index (χ0n) is 7.17. The van der Waals surface area contributed by atoms with E-state index in [-0.39, 0.29) is 12.3 Å². The smallest absolute Gasteiger partial charge is 0.265 e. The second-order valence-electron chi connectivity index (χ2n) is 2.53. The fourth-order valence-electron chi connectivity index (χ4n) is 0.629. The van der Waals surface area contributed by atoms with Gasteiger partial charge < -0.3 is 10.4 Å². The van der Waals surface area contributed by atoms with Gasteiger partial charge in [0.15, 0.2) is 0 Å². The van der Waals surface area contributed by atoms with Gasteiger partial charge in [0.1, 0.15) is 6.10 Å². The molecule has 0 aromatic carbocycles. The lowest BCUT2D eigenvalue weighted by Crippen LogP contribution is -2.35. The number of alkyl halides is 2. The van der Waals surface area contributed by atoms with Crippen LogP contribution in [0.2, 0.25) is 0 Å². The summed E-state index contributed by atoms with van der Waals surface area (Å²) in [5.74, 6) is -0.361. The molecule has 0 aliphatic rings. The zero-order valence-corrected chi connectivity index (χ0v) is 7.17. The molecule has 0 saturated heterocycles. The van der Waals surface area contributed by atoms with E-state index < -0.39 is 19.1 Å². The monoisotopic (exact) mass is 193 g/mol. The number of amides is 1. The molecule has 0 heterocycles. The summed E-state index contributed by atoms with van der Waals surface area (Å²) in [6.07, 6.45) is -2.34. The van der Waals surface area contributed by atoms with E-state index in [0.717, 1.165) is 0 Å². The average Bonchev–Trinajstić information content (AvgIpc) is 2.10. The Labute approximate surface area is 75.4 Å². The van der Waals surface area contributed by atoms with Gasteiger partial charge in [-0.25, -0.2) is 8.78 Å². The van der Waals surface area contributed by atoms with Crippen LogP contribution in [-0.2, 0) is 4.79 Å². The Bertz CT molecular complexity index is 174. The van der Waals surface area contributed by atoms with Gasteiger partial charge in [0.05, 0.1) is 0 Å². The van der Waals surface area contributed by atoms with Crippen molar-refractivity contribution in [3.63, 3.8) is 0 Å². The first-order valence-electron chi connectivity index (χ1n) is 3.91. The summed E-state index contributed by atoms with van der Waals surface area (Å²) in [6, 6.07) is 0. The fourth-order valence-corrected chi connectivity index (χ4v) is 0.629. The number of aliphatic hydroxyl groups excluding tert-OH is 1. The minimum absolute atomic E-state index is 0.208. The number of hydrogen-bond donors (Lipinski definition) is 2. The van der Waals surface area contributed by atoms with Crippen molar-refractivity contribution in [3.8, 4) is 0 Å². The molecule has 76 valence electrons. The number of aliphatic hydroxyl groups is 1. The van der Waals surface area contributed by atoms with Gasteiger partial charge in [-0.1, -0.05) is 6.08 Å². The second-order valence-corrected chi connectivity index (χ2v) is 2.53. The number of hydrogen-bond acceptors (Lipinski definition) is 2. The Balaban J connectivity index is 3.51. The van der Waals surface area contributed by atoms with Crippen LogP contribution in [0.5, 0.6) is 0 Å². The van der Waals surface area contributed by atoms with E-state index in [9.17, 15) is 13.6 Å². The Morgan fingerprint density at radius 2 is 2.23 bits per heavy atom. The quantitative estimate of drug-likeness (QED) is 0.610. The van der Waals surface area contributed by atoms with Gasteiger partial charge in [0, 0.05) is 13.0 Å². The van der Waals surface area contributed by atoms with Crippen LogP contribution in [0.15, 0.2) is 12.7 Å². The molecule has 0 spiro atoms. The lowest BCUT2D eigenvalue weighted by Gasteiger charge is -2.09. The van der Waals surface area contributed by atoms with Crippen LogP contribution in [0.1, 0.15) is 12.8 Å². The van der Waals surface area contributed by atoms with Crippen molar-refractivity contribution in [2.24, 2.45) is 0 Å². The van der Waals surface area contributed by atoms with E-state index >= 15 is 0 Å². The predicted octanol–water partition coefficient (Wildman–Crippen LogP) is 0.695. The number of halogens is 2. The number of nitrogens with one attached hydrogen (secondary N) is 1. The van der Waals surface area contributed by atoms with Crippen molar-refractivity contribution >= 4 is 5.91 Å². The first-order chi connectivity index (χ1) is 6.07. The summed E-state index contributed by atoms with van der Waals surface area (Å²) < 4.78 is 23.4. The van der Waals surface area contributed by atoms with Gasteiger partial charge in [0.25, 0.3) is 6.43 Å². The van der Waals surface area contributed by atoms with Crippen LogP contribution in [0.3, 0.4) is 0 Å². The number of carbonyl (C=O) groups excluding carboxylic acids is 1. The molecule has 0 radical (unpaired) electrons. The van der Waals surface area contributed by atoms with Gasteiger partial charge in [-0.3, -0.25) is 4.79 Å². The molecule has 0 saturated carbocycles. The van der Waals surface area contributed by atoms with Gasteiger partial charge in [-0.2, -0.15) is 0 Å². The summed E-state index contributed by atoms with van der Waals surface area (Å²) >= 11 is 0. The highest BCUT2D eigenvalue weighted by Crippen LogP contribution is 1.98. The molecule has 0 fully saturated rings. The molecule has 2 N–H and O–H groups in total. The Morgan fingerprint density at radius 1 is 1.62 bits per heavy atom. The zero-order chi connectivity index (χ0) is 10.3. The lowest BCUT2D eigenvalue weighted by molar-refractivity contribution is -0.122. The van der Waals surface area contributed by atoms with Gasteiger partial charge in [-0.15, -0.1) is 6.58 Å². The lowest BCUT2D eigenvalue weighted by atomic mass is 10.3. The SMILES string of the molecule is C=CCCC(=O)NCC(O)C(F)F. The maximum atomic E-state index is 11.7. The minimum Gasteiger partial charge on any atom is -0.385 e. The van der Waals surface area contributed by atoms with E-state index in [4.69, 9.17) is 5.11 Å². The Kier molecular flexibility index (Phi) is 6.05. The van der Waals surface area contributed by atoms with Crippen molar-refractivity contribution < 1.29 is 18.7 Å². The Morgan fingerprint density at radius 3 is 2.69 bits per heavy atom.